The Morgan fingerprint density at radius 3 is 2.43 bits per heavy atom. The number of nitrogens with zero attached hydrogens (tertiary/aromatic N) is 4. The Morgan fingerprint density at radius 1 is 1.05 bits per heavy atom. The highest BCUT2D eigenvalue weighted by atomic mass is 35.5. The molecule has 6 heteroatoms. The van der Waals surface area contributed by atoms with Gasteiger partial charge in [0.15, 0.2) is 0 Å². The lowest BCUT2D eigenvalue weighted by Crippen LogP contribution is -2.05. The lowest BCUT2D eigenvalue weighted by Gasteiger charge is -2.09. The highest BCUT2D eigenvalue weighted by Gasteiger charge is 2.13. The molecule has 0 saturated carbocycles. The molecule has 0 unspecified atom stereocenters. The van der Waals surface area contributed by atoms with Gasteiger partial charge < -0.3 is 4.74 Å². The van der Waals surface area contributed by atoms with E-state index in [-0.39, 0.29) is 0 Å². The van der Waals surface area contributed by atoms with Crippen molar-refractivity contribution in [2.45, 2.75) is 13.8 Å². The third-order valence-electron chi connectivity index (χ3n) is 2.88. The molecule has 2 aromatic heterocycles. The van der Waals surface area contributed by atoms with Gasteiger partial charge in [0, 0.05) is 23.1 Å². The van der Waals surface area contributed by atoms with Gasteiger partial charge in [0.2, 0.25) is 5.82 Å². The van der Waals surface area contributed by atoms with E-state index in [0.717, 1.165) is 11.4 Å². The van der Waals surface area contributed by atoms with Crippen LogP contribution in [0, 0.1) is 13.8 Å². The molecule has 21 heavy (non-hydrogen) atoms. The third kappa shape index (κ3) is 2.87. The summed E-state index contributed by atoms with van der Waals surface area (Å²) in [7, 11) is 0. The standard InChI is InChI=1S/C15H13ClN4O/c1-10-9-11(2)20(19-10)14-15(18-8-7-17-14)21-13-5-3-12(16)4-6-13/h3-9H,1-2H3. The molecular formula is C15H13ClN4O. The minimum atomic E-state index is 0.394. The summed E-state index contributed by atoms with van der Waals surface area (Å²) in [4.78, 5) is 8.57. The highest BCUT2D eigenvalue weighted by molar-refractivity contribution is 6.30. The molecule has 1 aromatic carbocycles. The number of halogens is 1. The zero-order chi connectivity index (χ0) is 14.8. The van der Waals surface area contributed by atoms with E-state index in [1.54, 1.807) is 41.3 Å². The second-order valence-corrected chi connectivity index (χ2v) is 5.02. The second-order valence-electron chi connectivity index (χ2n) is 4.58. The second kappa shape index (κ2) is 5.54. The van der Waals surface area contributed by atoms with E-state index >= 15 is 0 Å². The normalized spacial score (nSPS) is 10.6. The van der Waals surface area contributed by atoms with Crippen LogP contribution in [0.25, 0.3) is 5.82 Å². The topological polar surface area (TPSA) is 52.8 Å². The van der Waals surface area contributed by atoms with Crippen molar-refractivity contribution in [3.8, 4) is 17.4 Å². The molecular weight excluding hydrogens is 288 g/mol. The van der Waals surface area contributed by atoms with Crippen molar-refractivity contribution in [1.82, 2.24) is 19.7 Å². The number of benzene rings is 1. The summed E-state index contributed by atoms with van der Waals surface area (Å²) in [6.45, 7) is 3.89. The first-order valence-corrected chi connectivity index (χ1v) is 6.79. The largest absolute Gasteiger partial charge is 0.436 e. The maximum Gasteiger partial charge on any atom is 0.265 e. The third-order valence-corrected chi connectivity index (χ3v) is 3.14. The van der Waals surface area contributed by atoms with Gasteiger partial charge in [0.25, 0.3) is 5.88 Å². The van der Waals surface area contributed by atoms with Crippen LogP contribution in [0.2, 0.25) is 5.02 Å². The van der Waals surface area contributed by atoms with Crippen LogP contribution in [0.15, 0.2) is 42.7 Å². The van der Waals surface area contributed by atoms with Crippen LogP contribution in [-0.2, 0) is 0 Å². The summed E-state index contributed by atoms with van der Waals surface area (Å²) in [6.07, 6.45) is 3.20. The van der Waals surface area contributed by atoms with Gasteiger partial charge in [0.1, 0.15) is 5.75 Å². The Kier molecular flexibility index (Phi) is 3.58. The van der Waals surface area contributed by atoms with Gasteiger partial charge in [-0.05, 0) is 44.2 Å². The van der Waals surface area contributed by atoms with E-state index in [1.165, 1.54) is 0 Å². The first-order chi connectivity index (χ1) is 10.1. The quantitative estimate of drug-likeness (QED) is 0.739. The average Bonchev–Trinajstić information content (AvgIpc) is 2.81. The minimum absolute atomic E-state index is 0.394. The number of hydrogen-bond acceptors (Lipinski definition) is 4. The molecule has 0 atom stereocenters. The fourth-order valence-corrected chi connectivity index (χ4v) is 2.12. The Hall–Kier alpha value is -2.40. The highest BCUT2D eigenvalue weighted by Crippen LogP contribution is 2.25. The summed E-state index contributed by atoms with van der Waals surface area (Å²) in [5.41, 5.74) is 1.88. The lowest BCUT2D eigenvalue weighted by atomic mass is 10.3. The monoisotopic (exact) mass is 300 g/mol. The minimum Gasteiger partial charge on any atom is -0.436 e. The molecule has 2 heterocycles. The van der Waals surface area contributed by atoms with Crippen LogP contribution in [0.5, 0.6) is 11.6 Å². The lowest BCUT2D eigenvalue weighted by molar-refractivity contribution is 0.454. The Morgan fingerprint density at radius 2 is 1.76 bits per heavy atom. The summed E-state index contributed by atoms with van der Waals surface area (Å²) >= 11 is 5.87. The van der Waals surface area contributed by atoms with E-state index in [9.17, 15) is 0 Å². The number of rotatable bonds is 3. The van der Waals surface area contributed by atoms with Crippen LogP contribution in [0.4, 0.5) is 0 Å². The molecule has 3 rings (SSSR count). The van der Waals surface area contributed by atoms with E-state index in [4.69, 9.17) is 16.3 Å². The molecule has 0 bridgehead atoms. The molecule has 5 nitrogen and oxygen atoms in total. The molecule has 0 saturated heterocycles. The fraction of sp³-hybridized carbons (Fsp3) is 0.133. The van der Waals surface area contributed by atoms with E-state index in [0.29, 0.717) is 22.5 Å². The van der Waals surface area contributed by atoms with Crippen LogP contribution in [0.1, 0.15) is 11.4 Å². The molecule has 0 amide bonds. The smallest absolute Gasteiger partial charge is 0.265 e. The van der Waals surface area contributed by atoms with E-state index < -0.39 is 0 Å². The molecule has 106 valence electrons. The van der Waals surface area contributed by atoms with Crippen molar-refractivity contribution in [3.63, 3.8) is 0 Å². The van der Waals surface area contributed by atoms with E-state index in [2.05, 4.69) is 15.1 Å². The molecule has 0 N–H and O–H groups in total. The van der Waals surface area contributed by atoms with Gasteiger partial charge in [-0.2, -0.15) is 5.10 Å². The van der Waals surface area contributed by atoms with Gasteiger partial charge in [-0.3, -0.25) is 0 Å². The summed E-state index contributed by atoms with van der Waals surface area (Å²) in [5.74, 6) is 1.59. The maximum absolute atomic E-state index is 5.87. The zero-order valence-electron chi connectivity index (χ0n) is 11.6. The molecule has 3 aromatic rings. The summed E-state index contributed by atoms with van der Waals surface area (Å²) in [5, 5.41) is 5.06. The van der Waals surface area contributed by atoms with Crippen molar-refractivity contribution in [3.05, 3.63) is 59.1 Å². The summed E-state index contributed by atoms with van der Waals surface area (Å²) in [6, 6.07) is 9.05. The van der Waals surface area contributed by atoms with E-state index in [1.807, 2.05) is 19.9 Å². The predicted octanol–water partition coefficient (Wildman–Crippen LogP) is 3.72. The molecule has 0 fully saturated rings. The van der Waals surface area contributed by atoms with Gasteiger partial charge in [-0.15, -0.1) is 0 Å². The molecule has 0 radical (unpaired) electrons. The number of aryl methyl sites for hydroxylation is 2. The van der Waals surface area contributed by atoms with Crippen LogP contribution in [0.3, 0.4) is 0 Å². The van der Waals surface area contributed by atoms with Crippen LogP contribution >= 0.6 is 11.6 Å². The van der Waals surface area contributed by atoms with Crippen molar-refractivity contribution in [2.75, 3.05) is 0 Å². The van der Waals surface area contributed by atoms with Crippen molar-refractivity contribution < 1.29 is 4.74 Å². The fourth-order valence-electron chi connectivity index (χ4n) is 1.99. The predicted molar refractivity (Wildman–Crippen MR) is 80.2 cm³/mol. The van der Waals surface area contributed by atoms with Gasteiger partial charge in [-0.1, -0.05) is 11.6 Å². The average molecular weight is 301 g/mol. The molecule has 0 spiro atoms. The zero-order valence-corrected chi connectivity index (χ0v) is 12.4. The number of aromatic nitrogens is 4. The first kappa shape index (κ1) is 13.6. The van der Waals surface area contributed by atoms with Gasteiger partial charge in [0.05, 0.1) is 5.69 Å². The maximum atomic E-state index is 5.87. The Bertz CT molecular complexity index is 768. The molecule has 0 aliphatic carbocycles. The van der Waals surface area contributed by atoms with Crippen LogP contribution in [-0.4, -0.2) is 19.7 Å². The molecule has 0 aliphatic rings. The Labute approximate surface area is 127 Å². The van der Waals surface area contributed by atoms with Crippen LogP contribution < -0.4 is 4.74 Å². The Balaban J connectivity index is 2.00. The van der Waals surface area contributed by atoms with Crippen molar-refractivity contribution in [2.24, 2.45) is 0 Å². The van der Waals surface area contributed by atoms with Crippen molar-refractivity contribution >= 4 is 11.6 Å². The summed E-state index contributed by atoms with van der Waals surface area (Å²) < 4.78 is 7.51. The van der Waals surface area contributed by atoms with Crippen molar-refractivity contribution in [1.29, 1.82) is 0 Å². The SMILES string of the molecule is Cc1cc(C)n(-c2nccnc2Oc2ccc(Cl)cc2)n1. The molecule has 0 aliphatic heterocycles. The first-order valence-electron chi connectivity index (χ1n) is 6.41. The van der Waals surface area contributed by atoms with Gasteiger partial charge in [-0.25, -0.2) is 14.6 Å². The number of ether oxygens (including phenoxy) is 1. The van der Waals surface area contributed by atoms with Gasteiger partial charge >= 0.3 is 0 Å². The number of hydrogen-bond donors (Lipinski definition) is 0.